The second-order valence-corrected chi connectivity index (χ2v) is 4.62. The van der Waals surface area contributed by atoms with E-state index in [1.54, 1.807) is 0 Å². The molecule has 0 aliphatic carbocycles. The molecule has 17 heavy (non-hydrogen) atoms. The summed E-state index contributed by atoms with van der Waals surface area (Å²) >= 11 is 0.534. The van der Waals surface area contributed by atoms with E-state index in [-0.39, 0.29) is 4.90 Å². The Labute approximate surface area is 98.6 Å². The largest absolute Gasteiger partial charge is 0.480 e. The predicted molar refractivity (Wildman–Crippen MR) is 54.4 cm³/mol. The molecule has 94 valence electrons. The van der Waals surface area contributed by atoms with Crippen molar-refractivity contribution in [1.29, 1.82) is 0 Å². The van der Waals surface area contributed by atoms with E-state index in [1.807, 2.05) is 0 Å². The maximum absolute atomic E-state index is 13.2. The standard InChI is InChI=1S/C10H8F4O2S/c1-5(9(15)16)17-8-4-6(10(12,13)14)2-3-7(8)11/h2-5H,1H3,(H,15,16). The minimum absolute atomic E-state index is 0.324. The molecular weight excluding hydrogens is 260 g/mol. The van der Waals surface area contributed by atoms with Crippen molar-refractivity contribution < 1.29 is 27.5 Å². The van der Waals surface area contributed by atoms with E-state index in [1.165, 1.54) is 6.92 Å². The van der Waals surface area contributed by atoms with Crippen LogP contribution in [0.2, 0.25) is 0 Å². The second kappa shape index (κ2) is 4.95. The smallest absolute Gasteiger partial charge is 0.416 e. The highest BCUT2D eigenvalue weighted by Gasteiger charge is 2.31. The molecule has 1 aromatic rings. The summed E-state index contributed by atoms with van der Waals surface area (Å²) in [5.41, 5.74) is -1.00. The molecule has 1 rings (SSSR count). The highest BCUT2D eigenvalue weighted by Crippen LogP contribution is 2.34. The van der Waals surface area contributed by atoms with Crippen molar-refractivity contribution in [3.05, 3.63) is 29.6 Å². The Bertz CT molecular complexity index is 431. The lowest BCUT2D eigenvalue weighted by molar-refractivity contribution is -0.138. The fourth-order valence-electron chi connectivity index (χ4n) is 1.01. The van der Waals surface area contributed by atoms with Gasteiger partial charge >= 0.3 is 12.1 Å². The molecule has 1 atom stereocenters. The third kappa shape index (κ3) is 3.62. The zero-order chi connectivity index (χ0) is 13.2. The molecule has 0 amide bonds. The summed E-state index contributed by atoms with van der Waals surface area (Å²) in [6, 6.07) is 1.91. The number of halogens is 4. The number of carboxylic acid groups (broad SMARTS) is 1. The van der Waals surface area contributed by atoms with E-state index in [0.29, 0.717) is 30.0 Å². The van der Waals surface area contributed by atoms with Crippen LogP contribution in [0.3, 0.4) is 0 Å². The van der Waals surface area contributed by atoms with Gasteiger partial charge in [-0.2, -0.15) is 13.2 Å². The van der Waals surface area contributed by atoms with Crippen LogP contribution in [0, 0.1) is 5.82 Å². The molecule has 0 saturated heterocycles. The SMILES string of the molecule is CC(Sc1cc(C(F)(F)F)ccc1F)C(=O)O. The van der Waals surface area contributed by atoms with Crippen molar-refractivity contribution in [2.75, 3.05) is 0 Å². The van der Waals surface area contributed by atoms with Crippen LogP contribution in [0.1, 0.15) is 12.5 Å². The minimum atomic E-state index is -4.57. The fraction of sp³-hybridized carbons (Fsp3) is 0.300. The lowest BCUT2D eigenvalue weighted by atomic mass is 10.2. The number of benzene rings is 1. The molecule has 0 aliphatic heterocycles. The Morgan fingerprint density at radius 1 is 1.41 bits per heavy atom. The van der Waals surface area contributed by atoms with Crippen LogP contribution >= 0.6 is 11.8 Å². The number of rotatable bonds is 3. The van der Waals surface area contributed by atoms with Crippen molar-refractivity contribution in [2.45, 2.75) is 23.2 Å². The van der Waals surface area contributed by atoms with Gasteiger partial charge in [0.1, 0.15) is 11.1 Å². The Hall–Kier alpha value is -1.24. The van der Waals surface area contributed by atoms with Gasteiger partial charge < -0.3 is 5.11 Å². The van der Waals surface area contributed by atoms with Crippen molar-refractivity contribution in [3.63, 3.8) is 0 Å². The molecule has 1 unspecified atom stereocenters. The van der Waals surface area contributed by atoms with Gasteiger partial charge in [-0.1, -0.05) is 0 Å². The van der Waals surface area contributed by atoms with Gasteiger partial charge in [0.05, 0.1) is 5.56 Å². The molecule has 1 N–H and O–H groups in total. The Kier molecular flexibility index (Phi) is 4.03. The zero-order valence-electron chi connectivity index (χ0n) is 8.58. The van der Waals surface area contributed by atoms with Crippen molar-refractivity contribution in [1.82, 2.24) is 0 Å². The van der Waals surface area contributed by atoms with Crippen LogP contribution in [-0.4, -0.2) is 16.3 Å². The third-order valence-corrected chi connectivity index (χ3v) is 3.03. The maximum atomic E-state index is 13.2. The number of carbonyl (C=O) groups is 1. The first kappa shape index (κ1) is 13.8. The molecule has 0 heterocycles. The summed E-state index contributed by atoms with van der Waals surface area (Å²) in [7, 11) is 0. The van der Waals surface area contributed by atoms with Crippen LogP contribution in [0.15, 0.2) is 23.1 Å². The van der Waals surface area contributed by atoms with Gasteiger partial charge in [0, 0.05) is 4.90 Å². The van der Waals surface area contributed by atoms with E-state index in [9.17, 15) is 22.4 Å². The normalized spacial score (nSPS) is 13.5. The molecule has 0 bridgehead atoms. The van der Waals surface area contributed by atoms with Crippen LogP contribution < -0.4 is 0 Å². The number of thioether (sulfide) groups is 1. The average Bonchev–Trinajstić information content (AvgIpc) is 2.19. The van der Waals surface area contributed by atoms with Gasteiger partial charge in [-0.05, 0) is 25.1 Å². The molecule has 0 aromatic heterocycles. The highest BCUT2D eigenvalue weighted by molar-refractivity contribution is 8.00. The summed E-state index contributed by atoms with van der Waals surface area (Å²) in [4.78, 5) is 10.2. The van der Waals surface area contributed by atoms with Crippen molar-refractivity contribution >= 4 is 17.7 Å². The zero-order valence-corrected chi connectivity index (χ0v) is 9.40. The predicted octanol–water partition coefficient (Wildman–Crippen LogP) is 3.41. The van der Waals surface area contributed by atoms with Crippen molar-refractivity contribution in [3.8, 4) is 0 Å². The highest BCUT2D eigenvalue weighted by atomic mass is 32.2. The summed E-state index contributed by atoms with van der Waals surface area (Å²) in [6.07, 6.45) is -4.57. The number of alkyl halides is 3. The number of aliphatic carboxylic acids is 1. The van der Waals surface area contributed by atoms with Gasteiger partial charge in [0.2, 0.25) is 0 Å². The number of carboxylic acids is 1. The van der Waals surface area contributed by atoms with Gasteiger partial charge in [-0.3, -0.25) is 4.79 Å². The monoisotopic (exact) mass is 268 g/mol. The number of hydrogen-bond donors (Lipinski definition) is 1. The lowest BCUT2D eigenvalue weighted by Crippen LogP contribution is -2.12. The first-order chi connectivity index (χ1) is 7.71. The Morgan fingerprint density at radius 2 is 2.00 bits per heavy atom. The van der Waals surface area contributed by atoms with Crippen LogP contribution in [0.25, 0.3) is 0 Å². The quantitative estimate of drug-likeness (QED) is 0.674. The van der Waals surface area contributed by atoms with E-state index in [2.05, 4.69) is 0 Å². The molecule has 0 aliphatic rings. The molecule has 0 fully saturated rings. The first-order valence-electron chi connectivity index (χ1n) is 4.48. The summed E-state index contributed by atoms with van der Waals surface area (Å²) in [6.45, 7) is 1.27. The lowest BCUT2D eigenvalue weighted by Gasteiger charge is -2.11. The van der Waals surface area contributed by atoms with Gasteiger partial charge in [0.15, 0.2) is 0 Å². The Balaban J connectivity index is 3.03. The molecule has 0 spiro atoms. The summed E-state index contributed by atoms with van der Waals surface area (Å²) in [5, 5.41) is 7.58. The molecule has 1 aromatic carbocycles. The van der Waals surface area contributed by atoms with Crippen LogP contribution in [0.4, 0.5) is 17.6 Å². The van der Waals surface area contributed by atoms with Crippen LogP contribution in [0.5, 0.6) is 0 Å². The average molecular weight is 268 g/mol. The number of hydrogen-bond acceptors (Lipinski definition) is 2. The molecular formula is C10H8F4O2S. The van der Waals surface area contributed by atoms with E-state index in [4.69, 9.17) is 5.11 Å². The van der Waals surface area contributed by atoms with E-state index < -0.39 is 28.8 Å². The van der Waals surface area contributed by atoms with Gasteiger partial charge in [-0.25, -0.2) is 4.39 Å². The van der Waals surface area contributed by atoms with Gasteiger partial charge in [-0.15, -0.1) is 11.8 Å². The summed E-state index contributed by atoms with van der Waals surface area (Å²) < 4.78 is 50.2. The topological polar surface area (TPSA) is 37.3 Å². The van der Waals surface area contributed by atoms with E-state index >= 15 is 0 Å². The first-order valence-corrected chi connectivity index (χ1v) is 5.36. The van der Waals surface area contributed by atoms with Crippen LogP contribution in [-0.2, 0) is 11.0 Å². The van der Waals surface area contributed by atoms with E-state index in [0.717, 1.165) is 0 Å². The molecule has 2 nitrogen and oxygen atoms in total. The summed E-state index contributed by atoms with van der Waals surface area (Å²) in [5.74, 6) is -2.08. The maximum Gasteiger partial charge on any atom is 0.416 e. The second-order valence-electron chi connectivity index (χ2n) is 3.24. The third-order valence-electron chi connectivity index (χ3n) is 1.91. The Morgan fingerprint density at radius 3 is 2.47 bits per heavy atom. The van der Waals surface area contributed by atoms with Crippen molar-refractivity contribution in [2.24, 2.45) is 0 Å². The minimum Gasteiger partial charge on any atom is -0.480 e. The molecule has 0 radical (unpaired) electrons. The van der Waals surface area contributed by atoms with Gasteiger partial charge in [0.25, 0.3) is 0 Å². The molecule has 7 heteroatoms. The fourth-order valence-corrected chi connectivity index (χ4v) is 1.87. The molecule has 0 saturated carbocycles.